The van der Waals surface area contributed by atoms with Gasteiger partial charge in [0.05, 0.1) is 13.7 Å². The maximum absolute atomic E-state index is 12.5. The third-order valence-corrected chi connectivity index (χ3v) is 6.79. The van der Waals surface area contributed by atoms with Crippen LogP contribution in [0, 0.1) is 0 Å². The summed E-state index contributed by atoms with van der Waals surface area (Å²) in [7, 11) is 1.43. The Balaban J connectivity index is 1.57. The number of para-hydroxylation sites is 1. The molecule has 7 heteroatoms. The third-order valence-electron chi connectivity index (χ3n) is 4.99. The Morgan fingerprint density at radius 1 is 1.29 bits per heavy atom. The molecular weight excluding hydrogens is 412 g/mol. The molecule has 0 radical (unpaired) electrons. The van der Waals surface area contributed by atoms with Crippen molar-refractivity contribution in [3.8, 4) is 0 Å². The summed E-state index contributed by atoms with van der Waals surface area (Å²) in [4.78, 5) is 18.0. The average molecular weight is 431 g/mol. The molecule has 144 valence electrons. The van der Waals surface area contributed by atoms with Crippen LogP contribution in [0.4, 0.5) is 0 Å². The summed E-state index contributed by atoms with van der Waals surface area (Å²) < 4.78 is 5.76. The molecule has 1 atom stereocenters. The van der Waals surface area contributed by atoms with E-state index in [1.54, 1.807) is 11.8 Å². The lowest BCUT2D eigenvalue weighted by molar-refractivity contribution is -0.145. The molecule has 0 saturated heterocycles. The number of methoxy groups -OCH3 is 1. The van der Waals surface area contributed by atoms with Crippen molar-refractivity contribution >= 4 is 56.8 Å². The molecule has 2 heterocycles. The van der Waals surface area contributed by atoms with Crippen LogP contribution in [0.25, 0.3) is 10.9 Å². The Bertz CT molecular complexity index is 1030. The number of thiocarbonyl (C=S) groups is 1. The summed E-state index contributed by atoms with van der Waals surface area (Å²) >= 11 is 13.2. The van der Waals surface area contributed by atoms with E-state index in [0.717, 1.165) is 27.9 Å². The summed E-state index contributed by atoms with van der Waals surface area (Å²) in [6.07, 6.45) is 0.577. The van der Waals surface area contributed by atoms with Crippen LogP contribution >= 0.6 is 35.6 Å². The first-order valence-corrected chi connectivity index (χ1v) is 10.7. The lowest BCUT2D eigenvalue weighted by atomic mass is 9.97. The molecule has 28 heavy (non-hydrogen) atoms. The van der Waals surface area contributed by atoms with Gasteiger partial charge < -0.3 is 14.6 Å². The number of fused-ring (bicyclic) bond motifs is 3. The highest BCUT2D eigenvalue weighted by Gasteiger charge is 2.35. The minimum atomic E-state index is -0.415. The van der Waals surface area contributed by atoms with Gasteiger partial charge in [-0.15, -0.1) is 0 Å². The molecular formula is C21H19ClN2O2S2. The molecule has 1 N–H and O–H groups in total. The van der Waals surface area contributed by atoms with Gasteiger partial charge in [-0.25, -0.2) is 4.79 Å². The maximum Gasteiger partial charge on any atom is 0.328 e. The number of carbonyl (C=O) groups excluding carboxylic acids is 1. The van der Waals surface area contributed by atoms with E-state index >= 15 is 0 Å². The highest BCUT2D eigenvalue weighted by atomic mass is 35.5. The Hall–Kier alpha value is -2.02. The second-order valence-electron chi connectivity index (χ2n) is 6.68. The van der Waals surface area contributed by atoms with Gasteiger partial charge in [-0.05, 0) is 29.3 Å². The number of esters is 1. The zero-order valence-electron chi connectivity index (χ0n) is 15.3. The van der Waals surface area contributed by atoms with E-state index in [-0.39, 0.29) is 5.97 Å². The van der Waals surface area contributed by atoms with Gasteiger partial charge in [-0.3, -0.25) is 0 Å². The number of halogens is 1. The smallest absolute Gasteiger partial charge is 0.328 e. The SMILES string of the molecule is COC(=O)[C@@H]1Cc2c([nH]c3ccccc23)CN1C(=S)SCc1ccc(Cl)cc1. The molecule has 1 aliphatic rings. The molecule has 0 spiro atoms. The van der Waals surface area contributed by atoms with Gasteiger partial charge in [0.2, 0.25) is 0 Å². The molecule has 4 rings (SSSR count). The van der Waals surface area contributed by atoms with Crippen LogP contribution in [0.1, 0.15) is 16.8 Å². The van der Waals surface area contributed by atoms with Crippen molar-refractivity contribution < 1.29 is 9.53 Å². The Morgan fingerprint density at radius 3 is 2.79 bits per heavy atom. The molecule has 0 aliphatic carbocycles. The Morgan fingerprint density at radius 2 is 2.04 bits per heavy atom. The fourth-order valence-corrected chi connectivity index (χ4v) is 4.89. The van der Waals surface area contributed by atoms with Crippen LogP contribution in [0.2, 0.25) is 5.02 Å². The highest BCUT2D eigenvalue weighted by Crippen LogP contribution is 2.33. The van der Waals surface area contributed by atoms with Crippen molar-refractivity contribution in [2.75, 3.05) is 7.11 Å². The normalized spacial score (nSPS) is 16.1. The van der Waals surface area contributed by atoms with Crippen molar-refractivity contribution in [3.05, 3.63) is 70.4 Å². The van der Waals surface area contributed by atoms with E-state index in [9.17, 15) is 4.79 Å². The standard InChI is InChI=1S/C21H19ClN2O2S2/c1-26-20(25)19-10-16-15-4-2-3-5-17(15)23-18(16)11-24(19)21(27)28-12-13-6-8-14(22)9-7-13/h2-9,19,23H,10-12H2,1H3/t19-/m0/s1. The van der Waals surface area contributed by atoms with Crippen molar-refractivity contribution in [1.29, 1.82) is 0 Å². The van der Waals surface area contributed by atoms with Gasteiger partial charge in [0, 0.05) is 33.8 Å². The fourth-order valence-electron chi connectivity index (χ4n) is 3.56. The zero-order chi connectivity index (χ0) is 19.7. The van der Waals surface area contributed by atoms with Crippen molar-refractivity contribution in [3.63, 3.8) is 0 Å². The fraction of sp³-hybridized carbons (Fsp3) is 0.238. The van der Waals surface area contributed by atoms with Gasteiger partial charge >= 0.3 is 5.97 Å². The van der Waals surface area contributed by atoms with Crippen molar-refractivity contribution in [1.82, 2.24) is 9.88 Å². The molecule has 0 fully saturated rings. The summed E-state index contributed by atoms with van der Waals surface area (Å²) in [6, 6.07) is 15.5. The van der Waals surface area contributed by atoms with Crippen LogP contribution in [0.15, 0.2) is 48.5 Å². The largest absolute Gasteiger partial charge is 0.467 e. The molecule has 0 bridgehead atoms. The van der Waals surface area contributed by atoms with Crippen molar-refractivity contribution in [2.24, 2.45) is 0 Å². The number of hydrogen-bond donors (Lipinski definition) is 1. The highest BCUT2D eigenvalue weighted by molar-refractivity contribution is 8.22. The lowest BCUT2D eigenvalue weighted by Gasteiger charge is -2.35. The topological polar surface area (TPSA) is 45.3 Å². The number of benzene rings is 2. The molecule has 0 amide bonds. The van der Waals surface area contributed by atoms with E-state index in [1.165, 1.54) is 12.7 Å². The molecule has 2 aromatic carbocycles. The van der Waals surface area contributed by atoms with Crippen LogP contribution in [0.5, 0.6) is 0 Å². The van der Waals surface area contributed by atoms with Crippen LogP contribution in [0.3, 0.4) is 0 Å². The second kappa shape index (κ2) is 8.15. The van der Waals surface area contributed by atoms with E-state index in [2.05, 4.69) is 17.1 Å². The van der Waals surface area contributed by atoms with Gasteiger partial charge in [-0.2, -0.15) is 0 Å². The Labute approximate surface area is 178 Å². The number of ether oxygens (including phenoxy) is 1. The lowest BCUT2D eigenvalue weighted by Crippen LogP contribution is -2.47. The minimum absolute atomic E-state index is 0.259. The molecule has 0 unspecified atom stereocenters. The predicted molar refractivity (Wildman–Crippen MR) is 119 cm³/mol. The second-order valence-corrected chi connectivity index (χ2v) is 8.73. The van der Waals surface area contributed by atoms with E-state index in [1.807, 2.05) is 41.3 Å². The summed E-state index contributed by atoms with van der Waals surface area (Å²) in [6.45, 7) is 0.566. The molecule has 3 aromatic rings. The molecule has 1 aromatic heterocycles. The maximum atomic E-state index is 12.5. The number of thioether (sulfide) groups is 1. The summed E-state index contributed by atoms with van der Waals surface area (Å²) in [5.41, 5.74) is 4.50. The molecule has 0 saturated carbocycles. The van der Waals surface area contributed by atoms with Crippen LogP contribution in [-0.2, 0) is 28.2 Å². The first kappa shape index (κ1) is 19.3. The van der Waals surface area contributed by atoms with E-state index in [0.29, 0.717) is 22.3 Å². The van der Waals surface area contributed by atoms with Gasteiger partial charge in [0.15, 0.2) is 0 Å². The number of aromatic amines is 1. The number of H-pyrrole nitrogens is 1. The van der Waals surface area contributed by atoms with E-state index < -0.39 is 6.04 Å². The summed E-state index contributed by atoms with van der Waals surface area (Å²) in [5, 5.41) is 1.87. The average Bonchev–Trinajstić information content (AvgIpc) is 3.09. The quantitative estimate of drug-likeness (QED) is 0.471. The minimum Gasteiger partial charge on any atom is -0.467 e. The number of rotatable bonds is 3. The predicted octanol–water partition coefficient (Wildman–Crippen LogP) is 4.94. The Kier molecular flexibility index (Phi) is 5.62. The van der Waals surface area contributed by atoms with Gasteiger partial charge in [0.1, 0.15) is 10.4 Å². The monoisotopic (exact) mass is 430 g/mol. The zero-order valence-corrected chi connectivity index (χ0v) is 17.7. The van der Waals surface area contributed by atoms with Crippen LogP contribution < -0.4 is 0 Å². The first-order chi connectivity index (χ1) is 13.6. The first-order valence-electron chi connectivity index (χ1n) is 8.91. The molecule has 4 nitrogen and oxygen atoms in total. The number of hydrogen-bond acceptors (Lipinski definition) is 4. The van der Waals surface area contributed by atoms with Gasteiger partial charge in [-0.1, -0.05) is 65.9 Å². The third kappa shape index (κ3) is 3.77. The number of aromatic nitrogens is 1. The van der Waals surface area contributed by atoms with Crippen molar-refractivity contribution in [2.45, 2.75) is 24.8 Å². The van der Waals surface area contributed by atoms with E-state index in [4.69, 9.17) is 28.6 Å². The number of nitrogens with zero attached hydrogens (tertiary/aromatic N) is 1. The number of nitrogens with one attached hydrogen (secondary N) is 1. The van der Waals surface area contributed by atoms with Crippen LogP contribution in [-0.4, -0.2) is 33.3 Å². The number of carbonyl (C=O) groups is 1. The molecule has 1 aliphatic heterocycles. The summed E-state index contributed by atoms with van der Waals surface area (Å²) in [5.74, 6) is 0.463. The van der Waals surface area contributed by atoms with Gasteiger partial charge in [0.25, 0.3) is 0 Å².